The van der Waals surface area contributed by atoms with Crippen molar-refractivity contribution in [3.63, 3.8) is 0 Å². The van der Waals surface area contributed by atoms with Crippen LogP contribution in [0.5, 0.6) is 5.75 Å². The second-order valence-electron chi connectivity index (χ2n) is 6.12. The van der Waals surface area contributed by atoms with Crippen LogP contribution in [0.3, 0.4) is 0 Å². The van der Waals surface area contributed by atoms with Crippen LogP contribution in [-0.4, -0.2) is 17.6 Å². The molecule has 0 aliphatic carbocycles. The minimum Gasteiger partial charge on any atom is -0.497 e. The number of carbonyl (C=O) groups is 1. The molecule has 7 heteroatoms. The Hall–Kier alpha value is -2.64. The molecule has 5 nitrogen and oxygen atoms in total. The lowest BCUT2D eigenvalue weighted by atomic mass is 10.1. The Balaban J connectivity index is 1.78. The van der Waals surface area contributed by atoms with Gasteiger partial charge in [0.15, 0.2) is 3.95 Å². The van der Waals surface area contributed by atoms with E-state index < -0.39 is 0 Å². The molecule has 0 unspecified atom stereocenters. The molecule has 0 radical (unpaired) electrons. The normalized spacial score (nSPS) is 11.8. The van der Waals surface area contributed by atoms with E-state index in [1.807, 2.05) is 61.5 Å². The van der Waals surface area contributed by atoms with Gasteiger partial charge in [-0.05, 0) is 42.4 Å². The van der Waals surface area contributed by atoms with Crippen LogP contribution >= 0.6 is 23.6 Å². The summed E-state index contributed by atoms with van der Waals surface area (Å²) < 4.78 is 7.52. The zero-order valence-corrected chi connectivity index (χ0v) is 16.8. The van der Waals surface area contributed by atoms with Crippen LogP contribution in [-0.2, 0) is 6.54 Å². The highest BCUT2D eigenvalue weighted by Crippen LogP contribution is 2.25. The molecule has 0 saturated heterocycles. The van der Waals surface area contributed by atoms with Gasteiger partial charge >= 0.3 is 0 Å². The summed E-state index contributed by atoms with van der Waals surface area (Å²) in [5.74, 6) is 0.961. The minimum absolute atomic E-state index is 0.121. The van der Waals surface area contributed by atoms with E-state index in [0.29, 0.717) is 21.2 Å². The van der Waals surface area contributed by atoms with Crippen molar-refractivity contribution in [3.05, 3.63) is 74.6 Å². The second kappa shape index (κ2) is 8.37. The van der Waals surface area contributed by atoms with Gasteiger partial charge in [-0.25, -0.2) is 0 Å². The maximum Gasteiger partial charge on any atom is 0.265 e. The quantitative estimate of drug-likeness (QED) is 0.603. The lowest BCUT2D eigenvalue weighted by Gasteiger charge is -2.14. The zero-order chi connectivity index (χ0) is 19.4. The molecule has 1 heterocycles. The topological polar surface area (TPSA) is 69.3 Å². The number of nitrogens with one attached hydrogen (secondary N) is 1. The Morgan fingerprint density at radius 2 is 1.89 bits per heavy atom. The average Bonchev–Trinajstić information content (AvgIpc) is 2.97. The molecule has 3 N–H and O–H groups in total. The van der Waals surface area contributed by atoms with Crippen molar-refractivity contribution in [2.24, 2.45) is 0 Å². The number of nitrogens with zero attached hydrogens (tertiary/aromatic N) is 1. The van der Waals surface area contributed by atoms with Crippen molar-refractivity contribution in [2.45, 2.75) is 19.5 Å². The van der Waals surface area contributed by atoms with E-state index in [4.69, 9.17) is 22.7 Å². The summed E-state index contributed by atoms with van der Waals surface area (Å²) in [6.45, 7) is 2.45. The first-order chi connectivity index (χ1) is 13.0. The van der Waals surface area contributed by atoms with Crippen molar-refractivity contribution in [2.75, 3.05) is 12.8 Å². The molecule has 1 aromatic heterocycles. The molecule has 0 saturated carbocycles. The first-order valence-corrected chi connectivity index (χ1v) is 9.70. The highest BCUT2D eigenvalue weighted by atomic mass is 32.1. The third kappa shape index (κ3) is 4.37. The Labute approximate surface area is 167 Å². The SMILES string of the molecule is COc1ccc(Cn2c(N)c(C(=O)N[C@H](C)c3ccccc3)sc2=S)cc1. The molecule has 0 bridgehead atoms. The monoisotopic (exact) mass is 399 g/mol. The van der Waals surface area contributed by atoms with Gasteiger partial charge in [-0.3, -0.25) is 4.79 Å². The van der Waals surface area contributed by atoms with Crippen LogP contribution < -0.4 is 15.8 Å². The highest BCUT2D eigenvalue weighted by Gasteiger charge is 2.19. The van der Waals surface area contributed by atoms with Crippen LogP contribution in [0.4, 0.5) is 5.82 Å². The van der Waals surface area contributed by atoms with E-state index in [9.17, 15) is 4.79 Å². The summed E-state index contributed by atoms with van der Waals surface area (Å²) >= 11 is 6.66. The first-order valence-electron chi connectivity index (χ1n) is 8.47. The molecule has 140 valence electrons. The molecule has 0 aliphatic rings. The average molecular weight is 400 g/mol. The fraction of sp³-hybridized carbons (Fsp3) is 0.200. The van der Waals surface area contributed by atoms with Crippen molar-refractivity contribution >= 4 is 35.3 Å². The number of anilines is 1. The Kier molecular flexibility index (Phi) is 5.93. The molecule has 0 spiro atoms. The van der Waals surface area contributed by atoms with Gasteiger partial charge < -0.3 is 20.4 Å². The highest BCUT2D eigenvalue weighted by molar-refractivity contribution is 7.73. The summed E-state index contributed by atoms with van der Waals surface area (Å²) in [6, 6.07) is 17.3. The summed E-state index contributed by atoms with van der Waals surface area (Å²) in [6.07, 6.45) is 0. The van der Waals surface area contributed by atoms with Crippen molar-refractivity contribution in [1.29, 1.82) is 0 Å². The smallest absolute Gasteiger partial charge is 0.265 e. The third-order valence-corrected chi connectivity index (χ3v) is 5.75. The number of thiazole rings is 1. The largest absolute Gasteiger partial charge is 0.497 e. The van der Waals surface area contributed by atoms with Gasteiger partial charge in [-0.15, -0.1) is 0 Å². The number of amides is 1. The van der Waals surface area contributed by atoms with E-state index >= 15 is 0 Å². The van der Waals surface area contributed by atoms with E-state index in [1.54, 1.807) is 11.7 Å². The molecule has 1 amide bonds. The van der Waals surface area contributed by atoms with Crippen LogP contribution in [0.2, 0.25) is 0 Å². The molecule has 3 rings (SSSR count). The number of benzene rings is 2. The fourth-order valence-corrected chi connectivity index (χ4v) is 3.96. The third-order valence-electron chi connectivity index (χ3n) is 4.29. The first kappa shape index (κ1) is 19.1. The minimum atomic E-state index is -0.214. The van der Waals surface area contributed by atoms with Gasteiger partial charge in [0.25, 0.3) is 5.91 Å². The number of rotatable bonds is 6. The number of methoxy groups -OCH3 is 1. The lowest BCUT2D eigenvalue weighted by Crippen LogP contribution is -2.26. The van der Waals surface area contributed by atoms with Crippen molar-refractivity contribution < 1.29 is 9.53 Å². The van der Waals surface area contributed by atoms with Crippen molar-refractivity contribution in [3.8, 4) is 5.75 Å². The Morgan fingerprint density at radius 3 is 2.52 bits per heavy atom. The second-order valence-corrected chi connectivity index (χ2v) is 7.77. The maximum absolute atomic E-state index is 12.7. The Bertz CT molecular complexity index is 979. The van der Waals surface area contributed by atoms with Crippen LogP contribution in [0, 0.1) is 3.95 Å². The predicted molar refractivity (Wildman–Crippen MR) is 112 cm³/mol. The summed E-state index contributed by atoms with van der Waals surface area (Å²) in [4.78, 5) is 13.1. The number of hydrogen-bond acceptors (Lipinski definition) is 5. The van der Waals surface area contributed by atoms with E-state index in [-0.39, 0.29) is 11.9 Å². The van der Waals surface area contributed by atoms with Crippen LogP contribution in [0.25, 0.3) is 0 Å². The molecule has 0 aliphatic heterocycles. The maximum atomic E-state index is 12.7. The molecule has 1 atom stereocenters. The number of hydrogen-bond donors (Lipinski definition) is 2. The summed E-state index contributed by atoms with van der Waals surface area (Å²) in [5, 5.41) is 2.99. The van der Waals surface area contributed by atoms with Crippen LogP contribution in [0.1, 0.15) is 33.8 Å². The predicted octanol–water partition coefficient (Wildman–Crippen LogP) is 4.41. The fourth-order valence-electron chi connectivity index (χ4n) is 2.73. The molecule has 2 aromatic carbocycles. The summed E-state index contributed by atoms with van der Waals surface area (Å²) in [7, 11) is 1.63. The van der Waals surface area contributed by atoms with E-state index in [2.05, 4.69) is 5.32 Å². The van der Waals surface area contributed by atoms with Gasteiger partial charge in [-0.2, -0.15) is 0 Å². The zero-order valence-electron chi connectivity index (χ0n) is 15.1. The van der Waals surface area contributed by atoms with Crippen molar-refractivity contribution in [1.82, 2.24) is 9.88 Å². The standard InChI is InChI=1S/C20H21N3O2S2/c1-13(15-6-4-3-5-7-15)22-19(24)17-18(21)23(20(26)27-17)12-14-8-10-16(25-2)11-9-14/h3-11,13H,12,21H2,1-2H3,(H,22,24)/t13-/m1/s1. The number of carbonyl (C=O) groups excluding carboxylic acids is 1. The van der Waals surface area contributed by atoms with E-state index in [0.717, 1.165) is 16.9 Å². The van der Waals surface area contributed by atoms with Gasteiger partial charge in [0.05, 0.1) is 19.7 Å². The van der Waals surface area contributed by atoms with Gasteiger partial charge in [0, 0.05) is 0 Å². The number of nitrogen functional groups attached to an aromatic ring is 1. The van der Waals surface area contributed by atoms with E-state index in [1.165, 1.54) is 11.3 Å². The van der Waals surface area contributed by atoms with Gasteiger partial charge in [0.1, 0.15) is 16.4 Å². The molecule has 0 fully saturated rings. The molecular weight excluding hydrogens is 378 g/mol. The molecule has 3 aromatic rings. The van der Waals surface area contributed by atoms with Gasteiger partial charge in [0.2, 0.25) is 0 Å². The van der Waals surface area contributed by atoms with Crippen LogP contribution in [0.15, 0.2) is 54.6 Å². The molecular formula is C20H21N3O2S2. The number of nitrogens with two attached hydrogens (primary N) is 1. The lowest BCUT2D eigenvalue weighted by molar-refractivity contribution is 0.0944. The molecule has 27 heavy (non-hydrogen) atoms. The summed E-state index contributed by atoms with van der Waals surface area (Å²) in [5.41, 5.74) is 8.31. The van der Waals surface area contributed by atoms with Gasteiger partial charge in [-0.1, -0.05) is 53.8 Å². The Morgan fingerprint density at radius 1 is 1.22 bits per heavy atom. The number of aromatic nitrogens is 1. The number of ether oxygens (including phenoxy) is 1.